The first-order chi connectivity index (χ1) is 16.1. The van der Waals surface area contributed by atoms with Gasteiger partial charge in [0, 0.05) is 34.1 Å². The zero-order chi connectivity index (χ0) is 23.0. The largest absolute Gasteiger partial charge is 0.494 e. The molecule has 0 radical (unpaired) electrons. The van der Waals surface area contributed by atoms with Gasteiger partial charge in [-0.2, -0.15) is 0 Å². The molecule has 4 aromatic rings. The standard InChI is InChI=1S/C25H23N3O3S2/c1-2-31-21-11-7-18(8-12-21)23(29)17-33-25-26-13-14-28(25)20-9-5-19(6-10-20)24(30)27-16-22-4-3-15-32-22/h3-15H,2,16-17H2,1H3,(H,27,30). The normalized spacial score (nSPS) is 10.7. The summed E-state index contributed by atoms with van der Waals surface area (Å²) in [4.78, 5) is 30.5. The van der Waals surface area contributed by atoms with Crippen LogP contribution < -0.4 is 10.1 Å². The predicted octanol–water partition coefficient (Wildman–Crippen LogP) is 5.24. The lowest BCUT2D eigenvalue weighted by atomic mass is 10.1. The summed E-state index contributed by atoms with van der Waals surface area (Å²) in [6.07, 6.45) is 3.54. The fraction of sp³-hybridized carbons (Fsp3) is 0.160. The number of nitrogens with one attached hydrogen (secondary N) is 1. The Hall–Kier alpha value is -3.36. The zero-order valence-corrected chi connectivity index (χ0v) is 19.7. The second kappa shape index (κ2) is 11.0. The van der Waals surface area contributed by atoms with E-state index in [2.05, 4.69) is 10.3 Å². The Balaban J connectivity index is 1.36. The fourth-order valence-corrected chi connectivity index (χ4v) is 4.68. The third-order valence-electron chi connectivity index (χ3n) is 4.84. The molecule has 4 rings (SSSR count). The van der Waals surface area contributed by atoms with Gasteiger partial charge in [-0.3, -0.25) is 14.2 Å². The van der Waals surface area contributed by atoms with Crippen molar-refractivity contribution < 1.29 is 14.3 Å². The third kappa shape index (κ3) is 5.91. The Morgan fingerprint density at radius 1 is 1.06 bits per heavy atom. The summed E-state index contributed by atoms with van der Waals surface area (Å²) in [5.41, 5.74) is 2.11. The van der Waals surface area contributed by atoms with Gasteiger partial charge < -0.3 is 10.1 Å². The van der Waals surface area contributed by atoms with E-state index in [1.807, 2.05) is 47.3 Å². The number of benzene rings is 2. The summed E-state index contributed by atoms with van der Waals surface area (Å²) in [5, 5.41) is 5.63. The van der Waals surface area contributed by atoms with E-state index in [0.29, 0.717) is 29.4 Å². The molecule has 168 valence electrons. The SMILES string of the molecule is CCOc1ccc(C(=O)CSc2nccn2-c2ccc(C(=O)NCc3cccs3)cc2)cc1. The number of imidazole rings is 1. The van der Waals surface area contributed by atoms with Crippen LogP contribution in [0.5, 0.6) is 5.75 Å². The number of Topliss-reactive ketones (excluding diaryl/α,β-unsaturated/α-hetero) is 1. The molecule has 0 fully saturated rings. The minimum absolute atomic E-state index is 0.0235. The minimum atomic E-state index is -0.115. The van der Waals surface area contributed by atoms with Gasteiger partial charge in [-0.05, 0) is 66.9 Å². The number of hydrogen-bond acceptors (Lipinski definition) is 6. The van der Waals surface area contributed by atoms with E-state index in [9.17, 15) is 9.59 Å². The number of carbonyl (C=O) groups excluding carboxylic acids is 2. The average Bonchev–Trinajstić information content (AvgIpc) is 3.54. The summed E-state index contributed by atoms with van der Waals surface area (Å²) >= 11 is 2.99. The van der Waals surface area contributed by atoms with Crippen LogP contribution in [0.4, 0.5) is 0 Å². The molecule has 1 amide bonds. The maximum atomic E-state index is 12.6. The van der Waals surface area contributed by atoms with Gasteiger partial charge in [-0.25, -0.2) is 4.98 Å². The summed E-state index contributed by atoms with van der Waals surface area (Å²) in [6.45, 7) is 3.03. The van der Waals surface area contributed by atoms with Crippen molar-refractivity contribution in [3.8, 4) is 11.4 Å². The molecule has 0 unspecified atom stereocenters. The number of thioether (sulfide) groups is 1. The van der Waals surface area contributed by atoms with Gasteiger partial charge in [0.25, 0.3) is 5.91 Å². The van der Waals surface area contributed by atoms with E-state index in [0.717, 1.165) is 16.3 Å². The highest BCUT2D eigenvalue weighted by Crippen LogP contribution is 2.22. The number of hydrogen-bond donors (Lipinski definition) is 1. The number of amides is 1. The fourth-order valence-electron chi connectivity index (χ4n) is 3.17. The molecule has 33 heavy (non-hydrogen) atoms. The molecule has 8 heteroatoms. The lowest BCUT2D eigenvalue weighted by Crippen LogP contribution is -2.22. The summed E-state index contributed by atoms with van der Waals surface area (Å²) in [5.74, 6) is 0.932. The Bertz CT molecular complexity index is 1200. The molecule has 0 aliphatic heterocycles. The van der Waals surface area contributed by atoms with Crippen molar-refractivity contribution in [1.82, 2.24) is 14.9 Å². The smallest absolute Gasteiger partial charge is 0.251 e. The van der Waals surface area contributed by atoms with Crippen LogP contribution in [0, 0.1) is 0 Å². The molecule has 2 aromatic carbocycles. The van der Waals surface area contributed by atoms with Crippen LogP contribution in [0.3, 0.4) is 0 Å². The number of thiophene rings is 1. The number of ketones is 1. The quantitative estimate of drug-likeness (QED) is 0.250. The topological polar surface area (TPSA) is 73.2 Å². The highest BCUT2D eigenvalue weighted by molar-refractivity contribution is 7.99. The molecular weight excluding hydrogens is 454 g/mol. The van der Waals surface area contributed by atoms with Crippen LogP contribution in [0.15, 0.2) is 83.6 Å². The maximum Gasteiger partial charge on any atom is 0.251 e. The van der Waals surface area contributed by atoms with E-state index in [1.54, 1.807) is 53.9 Å². The Morgan fingerprint density at radius 3 is 2.52 bits per heavy atom. The van der Waals surface area contributed by atoms with E-state index in [-0.39, 0.29) is 17.4 Å². The Labute approximate surface area is 200 Å². The molecule has 6 nitrogen and oxygen atoms in total. The second-order valence-electron chi connectivity index (χ2n) is 7.06. The van der Waals surface area contributed by atoms with Gasteiger partial charge >= 0.3 is 0 Å². The first-order valence-corrected chi connectivity index (χ1v) is 12.3. The predicted molar refractivity (Wildman–Crippen MR) is 132 cm³/mol. The van der Waals surface area contributed by atoms with E-state index in [4.69, 9.17) is 4.74 Å². The lowest BCUT2D eigenvalue weighted by molar-refractivity contribution is 0.0950. The van der Waals surface area contributed by atoms with Gasteiger partial charge in [0.15, 0.2) is 10.9 Å². The van der Waals surface area contributed by atoms with E-state index in [1.165, 1.54) is 11.8 Å². The molecule has 2 heterocycles. The summed E-state index contributed by atoms with van der Waals surface area (Å²) < 4.78 is 7.33. The number of aromatic nitrogens is 2. The van der Waals surface area contributed by atoms with Crippen LogP contribution in [-0.4, -0.2) is 33.6 Å². The summed E-state index contributed by atoms with van der Waals surface area (Å²) in [7, 11) is 0. The molecule has 0 saturated heterocycles. The molecule has 0 aliphatic carbocycles. The van der Waals surface area contributed by atoms with Crippen molar-refractivity contribution in [1.29, 1.82) is 0 Å². The van der Waals surface area contributed by atoms with Gasteiger partial charge in [0.2, 0.25) is 0 Å². The van der Waals surface area contributed by atoms with Crippen LogP contribution in [0.1, 0.15) is 32.5 Å². The second-order valence-corrected chi connectivity index (χ2v) is 9.03. The Kier molecular flexibility index (Phi) is 7.59. The van der Waals surface area contributed by atoms with Crippen LogP contribution in [0.25, 0.3) is 5.69 Å². The van der Waals surface area contributed by atoms with Crippen LogP contribution in [-0.2, 0) is 6.54 Å². The monoisotopic (exact) mass is 477 g/mol. The summed E-state index contributed by atoms with van der Waals surface area (Å²) in [6, 6.07) is 18.5. The number of nitrogens with zero attached hydrogens (tertiary/aromatic N) is 2. The third-order valence-corrected chi connectivity index (χ3v) is 6.68. The van der Waals surface area contributed by atoms with E-state index >= 15 is 0 Å². The highest BCUT2D eigenvalue weighted by atomic mass is 32.2. The number of rotatable bonds is 10. The molecular formula is C25H23N3O3S2. The van der Waals surface area contributed by atoms with Crippen molar-refractivity contribution >= 4 is 34.8 Å². The average molecular weight is 478 g/mol. The molecule has 1 N–H and O–H groups in total. The zero-order valence-electron chi connectivity index (χ0n) is 18.1. The van der Waals surface area contributed by atoms with Gasteiger partial charge in [0.05, 0.1) is 18.9 Å². The van der Waals surface area contributed by atoms with Gasteiger partial charge in [-0.15, -0.1) is 11.3 Å². The first-order valence-electron chi connectivity index (χ1n) is 10.5. The van der Waals surface area contributed by atoms with Crippen molar-refractivity contribution in [3.63, 3.8) is 0 Å². The molecule has 2 aromatic heterocycles. The van der Waals surface area contributed by atoms with Crippen molar-refractivity contribution in [2.75, 3.05) is 12.4 Å². The van der Waals surface area contributed by atoms with E-state index < -0.39 is 0 Å². The van der Waals surface area contributed by atoms with Crippen LogP contribution in [0.2, 0.25) is 0 Å². The molecule has 0 aliphatic rings. The Morgan fingerprint density at radius 2 is 1.82 bits per heavy atom. The molecule has 0 atom stereocenters. The number of carbonyl (C=O) groups is 2. The first kappa shape index (κ1) is 22.8. The lowest BCUT2D eigenvalue weighted by Gasteiger charge is -2.09. The van der Waals surface area contributed by atoms with Crippen molar-refractivity contribution in [3.05, 3.63) is 94.4 Å². The maximum absolute atomic E-state index is 12.6. The number of ether oxygens (including phenoxy) is 1. The highest BCUT2D eigenvalue weighted by Gasteiger charge is 2.12. The van der Waals surface area contributed by atoms with Gasteiger partial charge in [0.1, 0.15) is 5.75 Å². The van der Waals surface area contributed by atoms with Crippen LogP contribution >= 0.6 is 23.1 Å². The molecule has 0 spiro atoms. The minimum Gasteiger partial charge on any atom is -0.494 e. The van der Waals surface area contributed by atoms with Crippen molar-refractivity contribution in [2.45, 2.75) is 18.6 Å². The molecule has 0 saturated carbocycles. The van der Waals surface area contributed by atoms with Gasteiger partial charge in [-0.1, -0.05) is 17.8 Å². The van der Waals surface area contributed by atoms with Crippen molar-refractivity contribution in [2.24, 2.45) is 0 Å². The molecule has 0 bridgehead atoms.